The van der Waals surface area contributed by atoms with Gasteiger partial charge in [0.2, 0.25) is 5.91 Å². The first-order valence-corrected chi connectivity index (χ1v) is 7.03. The van der Waals surface area contributed by atoms with Crippen LogP contribution < -0.4 is 10.6 Å². The molecule has 2 amide bonds. The van der Waals surface area contributed by atoms with Crippen LogP contribution in [-0.4, -0.2) is 16.9 Å². The molecule has 0 aromatic heterocycles. The zero-order valence-electron chi connectivity index (χ0n) is 12.3. The molecule has 0 radical (unpaired) electrons. The number of amides is 2. The van der Waals surface area contributed by atoms with Gasteiger partial charge in [-0.15, -0.1) is 0 Å². The van der Waals surface area contributed by atoms with E-state index in [9.17, 15) is 9.59 Å². The van der Waals surface area contributed by atoms with Gasteiger partial charge in [0.1, 0.15) is 0 Å². The fourth-order valence-electron chi connectivity index (χ4n) is 1.94. The number of rotatable bonds is 5. The van der Waals surface area contributed by atoms with Gasteiger partial charge in [0.05, 0.1) is 6.61 Å². The molecule has 22 heavy (non-hydrogen) atoms. The number of hydrogen-bond acceptors (Lipinski definition) is 3. The molecule has 0 saturated heterocycles. The van der Waals surface area contributed by atoms with Crippen LogP contribution in [0.5, 0.6) is 0 Å². The smallest absolute Gasteiger partial charge is 0.255 e. The van der Waals surface area contributed by atoms with Crippen LogP contribution in [-0.2, 0) is 11.4 Å². The van der Waals surface area contributed by atoms with Gasteiger partial charge in [0.15, 0.2) is 0 Å². The Labute approximate surface area is 129 Å². The molecule has 2 rings (SSSR count). The Bertz CT molecular complexity index is 683. The number of aliphatic hydroxyl groups excluding tert-OH is 1. The highest BCUT2D eigenvalue weighted by atomic mass is 16.3. The standard InChI is InChI=1S/C17H18N2O3/c1-2-16(21)18-15-8-4-6-13(10-15)17(22)19-14-7-3-5-12(9-14)11-20/h3-10,20H,2,11H2,1H3,(H,18,21)(H,19,22). The highest BCUT2D eigenvalue weighted by Crippen LogP contribution is 2.15. The van der Waals surface area contributed by atoms with E-state index in [4.69, 9.17) is 5.11 Å². The summed E-state index contributed by atoms with van der Waals surface area (Å²) >= 11 is 0. The average Bonchev–Trinajstić information content (AvgIpc) is 2.55. The SMILES string of the molecule is CCC(=O)Nc1cccc(C(=O)Nc2cccc(CO)c2)c1. The Hall–Kier alpha value is -2.66. The molecular formula is C17H18N2O3. The van der Waals surface area contributed by atoms with E-state index < -0.39 is 0 Å². The molecule has 0 aliphatic carbocycles. The van der Waals surface area contributed by atoms with E-state index in [1.807, 2.05) is 0 Å². The lowest BCUT2D eigenvalue weighted by atomic mass is 10.1. The van der Waals surface area contributed by atoms with Crippen LogP contribution in [0, 0.1) is 0 Å². The second-order valence-corrected chi connectivity index (χ2v) is 4.80. The van der Waals surface area contributed by atoms with Crippen LogP contribution in [0.4, 0.5) is 11.4 Å². The van der Waals surface area contributed by atoms with Crippen molar-refractivity contribution >= 4 is 23.2 Å². The van der Waals surface area contributed by atoms with Crippen LogP contribution in [0.2, 0.25) is 0 Å². The fraction of sp³-hybridized carbons (Fsp3) is 0.176. The average molecular weight is 298 g/mol. The number of carbonyl (C=O) groups is 2. The van der Waals surface area contributed by atoms with Gasteiger partial charge < -0.3 is 15.7 Å². The monoisotopic (exact) mass is 298 g/mol. The maximum absolute atomic E-state index is 12.2. The summed E-state index contributed by atoms with van der Waals surface area (Å²) in [7, 11) is 0. The van der Waals surface area contributed by atoms with Gasteiger partial charge in [0.25, 0.3) is 5.91 Å². The van der Waals surface area contributed by atoms with E-state index in [1.54, 1.807) is 55.5 Å². The van der Waals surface area contributed by atoms with E-state index in [2.05, 4.69) is 10.6 Å². The Morgan fingerprint density at radius 3 is 2.36 bits per heavy atom. The quantitative estimate of drug-likeness (QED) is 0.794. The summed E-state index contributed by atoms with van der Waals surface area (Å²) in [5.74, 6) is -0.379. The summed E-state index contributed by atoms with van der Waals surface area (Å²) in [6, 6.07) is 13.7. The third kappa shape index (κ3) is 4.17. The van der Waals surface area contributed by atoms with Crippen molar-refractivity contribution in [3.8, 4) is 0 Å². The second-order valence-electron chi connectivity index (χ2n) is 4.80. The Morgan fingerprint density at radius 1 is 1.00 bits per heavy atom. The molecule has 0 saturated carbocycles. The molecule has 0 heterocycles. The predicted molar refractivity (Wildman–Crippen MR) is 85.7 cm³/mol. The van der Waals surface area contributed by atoms with Crippen LogP contribution in [0.25, 0.3) is 0 Å². The van der Waals surface area contributed by atoms with Crippen LogP contribution >= 0.6 is 0 Å². The first kappa shape index (κ1) is 15.7. The van der Waals surface area contributed by atoms with Crippen molar-refractivity contribution in [2.75, 3.05) is 10.6 Å². The summed E-state index contributed by atoms with van der Waals surface area (Å²) in [4.78, 5) is 23.6. The molecule has 5 heteroatoms. The summed E-state index contributed by atoms with van der Waals surface area (Å²) < 4.78 is 0. The normalized spacial score (nSPS) is 10.1. The minimum atomic E-state index is -0.275. The molecular weight excluding hydrogens is 280 g/mol. The Kier molecular flexibility index (Phi) is 5.27. The maximum atomic E-state index is 12.2. The van der Waals surface area contributed by atoms with Crippen molar-refractivity contribution in [1.82, 2.24) is 0 Å². The highest BCUT2D eigenvalue weighted by molar-refractivity contribution is 6.05. The summed E-state index contributed by atoms with van der Waals surface area (Å²) in [6.07, 6.45) is 0.379. The number of carbonyl (C=O) groups excluding carboxylic acids is 2. The zero-order valence-corrected chi connectivity index (χ0v) is 12.3. The van der Waals surface area contributed by atoms with Crippen LogP contribution in [0.3, 0.4) is 0 Å². The number of benzene rings is 2. The number of hydrogen-bond donors (Lipinski definition) is 3. The molecule has 2 aromatic rings. The van der Waals surface area contributed by atoms with Crippen molar-refractivity contribution in [3.63, 3.8) is 0 Å². The molecule has 0 unspecified atom stereocenters. The minimum Gasteiger partial charge on any atom is -0.392 e. The number of anilines is 2. The van der Waals surface area contributed by atoms with E-state index in [0.29, 0.717) is 23.4 Å². The lowest BCUT2D eigenvalue weighted by Gasteiger charge is -2.08. The first-order valence-electron chi connectivity index (χ1n) is 7.03. The molecule has 0 bridgehead atoms. The fourth-order valence-corrected chi connectivity index (χ4v) is 1.94. The van der Waals surface area contributed by atoms with E-state index in [0.717, 1.165) is 5.56 Å². The highest BCUT2D eigenvalue weighted by Gasteiger charge is 2.08. The summed E-state index contributed by atoms with van der Waals surface area (Å²) in [6.45, 7) is 1.68. The van der Waals surface area contributed by atoms with Gasteiger partial charge in [-0.3, -0.25) is 9.59 Å². The summed E-state index contributed by atoms with van der Waals surface area (Å²) in [5, 5.41) is 14.6. The van der Waals surface area contributed by atoms with Gasteiger partial charge in [-0.1, -0.05) is 25.1 Å². The lowest BCUT2D eigenvalue weighted by Crippen LogP contribution is -2.14. The molecule has 3 N–H and O–H groups in total. The topological polar surface area (TPSA) is 78.4 Å². The van der Waals surface area contributed by atoms with Gasteiger partial charge in [-0.05, 0) is 35.9 Å². The molecule has 0 spiro atoms. The van der Waals surface area contributed by atoms with E-state index in [1.165, 1.54) is 0 Å². The van der Waals surface area contributed by atoms with Gasteiger partial charge in [-0.25, -0.2) is 0 Å². The number of nitrogens with one attached hydrogen (secondary N) is 2. The molecule has 0 aliphatic rings. The second kappa shape index (κ2) is 7.38. The largest absolute Gasteiger partial charge is 0.392 e. The molecule has 5 nitrogen and oxygen atoms in total. The van der Waals surface area contributed by atoms with Gasteiger partial charge in [-0.2, -0.15) is 0 Å². The predicted octanol–water partition coefficient (Wildman–Crippen LogP) is 2.78. The van der Waals surface area contributed by atoms with Crippen LogP contribution in [0.1, 0.15) is 29.3 Å². The molecule has 2 aromatic carbocycles. The number of aliphatic hydroxyl groups is 1. The molecule has 0 aliphatic heterocycles. The summed E-state index contributed by atoms with van der Waals surface area (Å²) in [5.41, 5.74) is 2.37. The first-order chi connectivity index (χ1) is 10.6. The zero-order chi connectivity index (χ0) is 15.9. The van der Waals surface area contributed by atoms with Crippen molar-refractivity contribution in [3.05, 3.63) is 59.7 Å². The van der Waals surface area contributed by atoms with E-state index in [-0.39, 0.29) is 18.4 Å². The molecule has 0 atom stereocenters. The van der Waals surface area contributed by atoms with Crippen LogP contribution in [0.15, 0.2) is 48.5 Å². The minimum absolute atomic E-state index is 0.0811. The van der Waals surface area contributed by atoms with Gasteiger partial charge >= 0.3 is 0 Å². The molecule has 0 fully saturated rings. The molecule has 114 valence electrons. The van der Waals surface area contributed by atoms with Crippen molar-refractivity contribution in [2.45, 2.75) is 20.0 Å². The third-order valence-electron chi connectivity index (χ3n) is 3.10. The maximum Gasteiger partial charge on any atom is 0.255 e. The third-order valence-corrected chi connectivity index (χ3v) is 3.10. The lowest BCUT2D eigenvalue weighted by molar-refractivity contribution is -0.115. The Morgan fingerprint density at radius 2 is 1.68 bits per heavy atom. The van der Waals surface area contributed by atoms with Crippen molar-refractivity contribution in [2.24, 2.45) is 0 Å². The Balaban J connectivity index is 2.12. The van der Waals surface area contributed by atoms with Crippen molar-refractivity contribution in [1.29, 1.82) is 0 Å². The van der Waals surface area contributed by atoms with E-state index >= 15 is 0 Å². The van der Waals surface area contributed by atoms with Gasteiger partial charge in [0, 0.05) is 23.4 Å². The van der Waals surface area contributed by atoms with Crippen molar-refractivity contribution < 1.29 is 14.7 Å².